The number of carbonyl (C=O) groups is 2. The Morgan fingerprint density at radius 1 is 0.337 bits per heavy atom. The molecule has 0 aliphatic heterocycles. The fourth-order valence-corrected chi connectivity index (χ4v) is 11.9. The van der Waals surface area contributed by atoms with Gasteiger partial charge in [-0.05, 0) is 64.2 Å². The SMILES string of the molecule is CCCCCC/C=C\C/C=C\CCCCCCCC(=O)OCCCCCCCCCCCCCCCCCCCCCCCCCCCCCCCCCCCCCC(=O)NC(CO)C(O)/C=C/CCCCCCCCCCCCCCC. The number of aliphatic hydroxyl groups is 2. The Hall–Kier alpha value is -1.92. The second-order valence-electron chi connectivity index (χ2n) is 26.0. The summed E-state index contributed by atoms with van der Waals surface area (Å²) in [4.78, 5) is 24.6. The quantitative estimate of drug-likeness (QED) is 0.0320. The van der Waals surface area contributed by atoms with Gasteiger partial charge in [-0.25, -0.2) is 0 Å². The molecule has 0 bridgehead atoms. The second kappa shape index (κ2) is 72.6. The van der Waals surface area contributed by atoms with Crippen LogP contribution in [0.15, 0.2) is 36.5 Å². The van der Waals surface area contributed by atoms with Crippen LogP contribution in [0.25, 0.3) is 0 Å². The monoisotopic (exact) mass is 1170 g/mol. The molecule has 3 N–H and O–H groups in total. The third-order valence-electron chi connectivity index (χ3n) is 17.7. The largest absolute Gasteiger partial charge is 0.466 e. The normalized spacial score (nSPS) is 12.7. The first-order valence-electron chi connectivity index (χ1n) is 37.8. The van der Waals surface area contributed by atoms with E-state index in [0.29, 0.717) is 19.4 Å². The fourth-order valence-electron chi connectivity index (χ4n) is 11.9. The maximum Gasteiger partial charge on any atom is 0.305 e. The minimum atomic E-state index is -0.840. The Morgan fingerprint density at radius 2 is 0.602 bits per heavy atom. The molecule has 0 aromatic carbocycles. The van der Waals surface area contributed by atoms with E-state index in [1.54, 1.807) is 6.08 Å². The van der Waals surface area contributed by atoms with Gasteiger partial charge in [0, 0.05) is 12.8 Å². The summed E-state index contributed by atoms with van der Waals surface area (Å²) < 4.78 is 5.50. The van der Waals surface area contributed by atoms with E-state index in [9.17, 15) is 19.8 Å². The van der Waals surface area contributed by atoms with Crippen molar-refractivity contribution in [2.24, 2.45) is 0 Å². The predicted octanol–water partition coefficient (Wildman–Crippen LogP) is 24.7. The van der Waals surface area contributed by atoms with Gasteiger partial charge >= 0.3 is 5.97 Å². The Labute approximate surface area is 519 Å². The van der Waals surface area contributed by atoms with Crippen molar-refractivity contribution in [2.75, 3.05) is 13.2 Å². The zero-order chi connectivity index (χ0) is 59.9. The molecule has 0 aliphatic carbocycles. The Morgan fingerprint density at radius 3 is 0.928 bits per heavy atom. The lowest BCUT2D eigenvalue weighted by Gasteiger charge is -2.20. The number of amides is 1. The van der Waals surface area contributed by atoms with Crippen LogP contribution in [0.1, 0.15) is 418 Å². The molecule has 0 heterocycles. The minimum Gasteiger partial charge on any atom is -0.466 e. The molecule has 0 spiro atoms. The Balaban J connectivity index is 3.32. The van der Waals surface area contributed by atoms with E-state index in [4.69, 9.17) is 4.74 Å². The Bertz CT molecular complexity index is 1340. The van der Waals surface area contributed by atoms with Gasteiger partial charge in [-0.2, -0.15) is 0 Å². The van der Waals surface area contributed by atoms with Gasteiger partial charge < -0.3 is 20.3 Å². The van der Waals surface area contributed by atoms with Gasteiger partial charge in [0.15, 0.2) is 0 Å². The molecule has 490 valence electrons. The summed E-state index contributed by atoms with van der Waals surface area (Å²) in [6.45, 7) is 4.92. The van der Waals surface area contributed by atoms with E-state index in [1.165, 1.54) is 340 Å². The van der Waals surface area contributed by atoms with Gasteiger partial charge in [0.05, 0.1) is 25.4 Å². The summed E-state index contributed by atoms with van der Waals surface area (Å²) in [6, 6.07) is -0.623. The van der Waals surface area contributed by atoms with Crippen molar-refractivity contribution in [3.05, 3.63) is 36.5 Å². The molecule has 0 rings (SSSR count). The van der Waals surface area contributed by atoms with Crippen molar-refractivity contribution in [3.63, 3.8) is 0 Å². The smallest absolute Gasteiger partial charge is 0.305 e. The maximum absolute atomic E-state index is 12.5. The summed E-state index contributed by atoms with van der Waals surface area (Å²) in [6.07, 6.45) is 94.0. The lowest BCUT2D eigenvalue weighted by molar-refractivity contribution is -0.143. The summed E-state index contributed by atoms with van der Waals surface area (Å²) in [7, 11) is 0. The molecule has 1 amide bonds. The molecule has 6 heteroatoms. The number of aliphatic hydroxyl groups excluding tert-OH is 2. The van der Waals surface area contributed by atoms with Crippen LogP contribution in [0.3, 0.4) is 0 Å². The molecule has 2 unspecified atom stereocenters. The number of rotatable bonds is 71. The van der Waals surface area contributed by atoms with Gasteiger partial charge in [-0.1, -0.05) is 378 Å². The molecule has 6 nitrogen and oxygen atoms in total. The minimum absolute atomic E-state index is 0.00931. The van der Waals surface area contributed by atoms with Crippen LogP contribution in [-0.4, -0.2) is 47.4 Å². The van der Waals surface area contributed by atoms with Crippen LogP contribution in [0.4, 0.5) is 0 Å². The van der Waals surface area contributed by atoms with Crippen molar-refractivity contribution in [1.82, 2.24) is 5.32 Å². The number of unbranched alkanes of at least 4 members (excludes halogenated alkanes) is 56. The van der Waals surface area contributed by atoms with Gasteiger partial charge in [0.1, 0.15) is 0 Å². The standard InChI is InChI=1S/C77H147NO5/c1-3-5-7-9-11-13-15-17-19-43-47-51-55-59-63-67-71-77(82)83-72-68-64-60-56-52-48-44-40-38-36-34-32-30-28-26-24-22-20-21-23-25-27-29-31-33-35-37-39-42-46-50-54-58-62-66-70-76(81)78-74(73-79)75(80)69-65-61-57-53-49-45-41-18-16-14-12-10-8-6-4-2/h13,15,19,43,65,69,74-75,79-80H,3-12,14,16-18,20-42,44-64,66-68,70-73H2,1-2H3,(H,78,81)/b15-13-,43-19-,69-65+. The molecule has 0 saturated carbocycles. The first-order chi connectivity index (χ1) is 41.0. The number of hydrogen-bond donors (Lipinski definition) is 3. The number of ether oxygens (including phenoxy) is 1. The van der Waals surface area contributed by atoms with Crippen LogP contribution in [0, 0.1) is 0 Å². The Kier molecular flexibility index (Phi) is 70.9. The number of nitrogens with one attached hydrogen (secondary N) is 1. The molecule has 0 saturated heterocycles. The van der Waals surface area contributed by atoms with E-state index >= 15 is 0 Å². The van der Waals surface area contributed by atoms with E-state index < -0.39 is 12.1 Å². The van der Waals surface area contributed by atoms with Crippen molar-refractivity contribution in [3.8, 4) is 0 Å². The molecular formula is C77H147NO5. The second-order valence-corrected chi connectivity index (χ2v) is 26.0. The van der Waals surface area contributed by atoms with E-state index in [0.717, 1.165) is 51.4 Å². The van der Waals surface area contributed by atoms with Crippen LogP contribution in [-0.2, 0) is 14.3 Å². The average molecular weight is 1170 g/mol. The van der Waals surface area contributed by atoms with Crippen molar-refractivity contribution in [1.29, 1.82) is 0 Å². The predicted molar refractivity (Wildman–Crippen MR) is 366 cm³/mol. The van der Waals surface area contributed by atoms with Gasteiger partial charge in [-0.15, -0.1) is 0 Å². The highest BCUT2D eigenvalue weighted by atomic mass is 16.5. The van der Waals surface area contributed by atoms with Crippen LogP contribution in [0.5, 0.6) is 0 Å². The van der Waals surface area contributed by atoms with Crippen molar-refractivity contribution < 1.29 is 24.5 Å². The molecule has 2 atom stereocenters. The highest BCUT2D eigenvalue weighted by molar-refractivity contribution is 5.76. The van der Waals surface area contributed by atoms with Crippen LogP contribution >= 0.6 is 0 Å². The average Bonchev–Trinajstić information content (AvgIpc) is 3.49. The molecule has 83 heavy (non-hydrogen) atoms. The van der Waals surface area contributed by atoms with E-state index in [2.05, 4.69) is 43.5 Å². The number of esters is 1. The number of hydrogen-bond acceptors (Lipinski definition) is 5. The number of carbonyl (C=O) groups excluding carboxylic acids is 2. The van der Waals surface area contributed by atoms with Gasteiger partial charge in [-0.3, -0.25) is 9.59 Å². The van der Waals surface area contributed by atoms with Crippen LogP contribution < -0.4 is 5.32 Å². The van der Waals surface area contributed by atoms with E-state index in [1.807, 2.05) is 6.08 Å². The highest BCUT2D eigenvalue weighted by Crippen LogP contribution is 2.19. The molecule has 0 radical (unpaired) electrons. The number of allylic oxidation sites excluding steroid dienone is 5. The molecule has 0 aliphatic rings. The van der Waals surface area contributed by atoms with Crippen molar-refractivity contribution >= 4 is 11.9 Å². The van der Waals surface area contributed by atoms with Crippen LogP contribution in [0.2, 0.25) is 0 Å². The summed E-state index contributed by atoms with van der Waals surface area (Å²) in [5, 5.41) is 23.2. The van der Waals surface area contributed by atoms with Gasteiger partial charge in [0.2, 0.25) is 5.91 Å². The molecule has 0 aromatic rings. The van der Waals surface area contributed by atoms with Gasteiger partial charge in [0.25, 0.3) is 0 Å². The molecule has 0 aromatic heterocycles. The first-order valence-corrected chi connectivity index (χ1v) is 37.8. The summed E-state index contributed by atoms with van der Waals surface area (Å²) in [5.41, 5.74) is 0. The fraction of sp³-hybridized carbons (Fsp3) is 0.896. The zero-order valence-electron chi connectivity index (χ0n) is 56.2. The van der Waals surface area contributed by atoms with E-state index in [-0.39, 0.29) is 18.5 Å². The summed E-state index contributed by atoms with van der Waals surface area (Å²) in [5.74, 6) is -0.0509. The maximum atomic E-state index is 12.5. The lowest BCUT2D eigenvalue weighted by Crippen LogP contribution is -2.45. The van der Waals surface area contributed by atoms with Crippen molar-refractivity contribution in [2.45, 2.75) is 431 Å². The molecular weight excluding hydrogens is 1020 g/mol. The highest BCUT2D eigenvalue weighted by Gasteiger charge is 2.18. The molecule has 0 fully saturated rings. The summed E-state index contributed by atoms with van der Waals surface area (Å²) >= 11 is 0. The third kappa shape index (κ3) is 69.1. The first kappa shape index (κ1) is 81.1. The lowest BCUT2D eigenvalue weighted by atomic mass is 10.0. The third-order valence-corrected chi connectivity index (χ3v) is 17.7. The topological polar surface area (TPSA) is 95.9 Å². The zero-order valence-corrected chi connectivity index (χ0v) is 56.2.